The van der Waals surface area contributed by atoms with E-state index in [1.54, 1.807) is 24.3 Å². The molecule has 3 aromatic carbocycles. The third-order valence-electron chi connectivity index (χ3n) is 15.9. The van der Waals surface area contributed by atoms with Gasteiger partial charge in [-0.25, -0.2) is 0 Å². The Morgan fingerprint density at radius 2 is 1.33 bits per heavy atom. The molecule has 0 saturated carbocycles. The van der Waals surface area contributed by atoms with Crippen molar-refractivity contribution in [2.75, 3.05) is 19.7 Å². The molecule has 89 heavy (non-hydrogen) atoms. The normalized spacial score (nSPS) is 26.5. The monoisotopic (exact) mass is 1270 g/mol. The summed E-state index contributed by atoms with van der Waals surface area (Å²) in [5.74, 6) is -13.2. The molecule has 17 N–H and O–H groups in total. The van der Waals surface area contributed by atoms with Crippen LogP contribution in [0.5, 0.6) is 17.2 Å². The maximum absolute atomic E-state index is 14.7. The van der Waals surface area contributed by atoms with Gasteiger partial charge < -0.3 is 97.0 Å². The summed E-state index contributed by atoms with van der Waals surface area (Å²) in [6.45, 7) is 3.82. The summed E-state index contributed by atoms with van der Waals surface area (Å²) in [6, 6.07) is -1.11. The number of aromatic hydroxyl groups is 1. The number of benzene rings is 3. The molecule has 6 rings (SSSR count). The van der Waals surface area contributed by atoms with Gasteiger partial charge in [-0.05, 0) is 66.1 Å². The molecule has 8 amide bonds. The predicted molar refractivity (Wildman–Crippen MR) is 313 cm³/mol. The van der Waals surface area contributed by atoms with Gasteiger partial charge in [-0.1, -0.05) is 89.8 Å². The van der Waals surface area contributed by atoms with Gasteiger partial charge in [0.2, 0.25) is 41.4 Å². The lowest BCUT2D eigenvalue weighted by Crippen LogP contribution is -2.64. The van der Waals surface area contributed by atoms with E-state index in [-0.39, 0.29) is 5.56 Å². The predicted octanol–water partition coefficient (Wildman–Crippen LogP) is -2.34. The third-order valence-corrected chi connectivity index (χ3v) is 16.3. The molecular weight excluding hydrogens is 1190 g/mol. The van der Waals surface area contributed by atoms with Crippen molar-refractivity contribution < 1.29 is 106 Å². The smallest absolute Gasteiger partial charge is 0.446 e. The van der Waals surface area contributed by atoms with E-state index in [2.05, 4.69) is 27.1 Å². The molecule has 3 heterocycles. The number of rotatable bonds is 23. The number of hydrogen-bond donors (Lipinski definition) is 16. The highest BCUT2D eigenvalue weighted by Crippen LogP contribution is 2.33. The number of phenols is 1. The molecule has 3 aromatic rings. The first-order valence-electron chi connectivity index (χ1n) is 29.5. The van der Waals surface area contributed by atoms with Crippen LogP contribution in [0.15, 0.2) is 54.6 Å². The van der Waals surface area contributed by atoms with Crippen molar-refractivity contribution in [3.63, 3.8) is 0 Å². The van der Waals surface area contributed by atoms with E-state index in [4.69, 9.17) is 10.5 Å². The van der Waals surface area contributed by atoms with Crippen LogP contribution in [-0.2, 0) is 44.0 Å². The second-order valence-corrected chi connectivity index (χ2v) is 24.0. The molecule has 492 valence electrons. The Kier molecular flexibility index (Phi) is 25.4. The lowest BCUT2D eigenvalue weighted by Gasteiger charge is -2.34. The Balaban J connectivity index is 1.33. The average molecular weight is 1280 g/mol. The zero-order chi connectivity index (χ0) is 65.6. The van der Waals surface area contributed by atoms with Crippen LogP contribution in [0.3, 0.4) is 0 Å². The summed E-state index contributed by atoms with van der Waals surface area (Å²) in [6.07, 6.45) is -8.49. The minimum absolute atomic E-state index is 0.0330. The van der Waals surface area contributed by atoms with Crippen molar-refractivity contribution in [2.24, 2.45) is 11.7 Å². The van der Waals surface area contributed by atoms with E-state index in [9.17, 15) is 97.3 Å². The molecule has 31 heteroatoms. The minimum Gasteiger partial charge on any atom is -0.504 e. The fourth-order valence-corrected chi connectivity index (χ4v) is 11.3. The molecule has 0 spiro atoms. The van der Waals surface area contributed by atoms with E-state index >= 15 is 0 Å². The molecule has 0 aliphatic carbocycles. The van der Waals surface area contributed by atoms with Crippen LogP contribution >= 0.6 is 0 Å². The number of hydrogen-bond acceptors (Lipinski definition) is 21. The number of nitrogens with one attached hydrogen (secondary N) is 5. The quantitative estimate of drug-likeness (QED) is 0.0349. The van der Waals surface area contributed by atoms with Crippen molar-refractivity contribution in [2.45, 2.75) is 189 Å². The maximum Gasteiger partial charge on any atom is 0.446 e. The van der Waals surface area contributed by atoms with E-state index in [1.165, 1.54) is 64.0 Å². The molecule has 3 fully saturated rings. The Morgan fingerprint density at radius 1 is 0.719 bits per heavy atom. The summed E-state index contributed by atoms with van der Waals surface area (Å²) in [7, 11) is -5.35. The fraction of sp³-hybridized carbons (Fsp3) is 0.586. The van der Waals surface area contributed by atoms with Gasteiger partial charge in [0.25, 0.3) is 5.91 Å². The number of ether oxygens (including phenoxy) is 1. The Morgan fingerprint density at radius 3 is 1.97 bits per heavy atom. The van der Waals surface area contributed by atoms with Crippen molar-refractivity contribution in [3.8, 4) is 17.2 Å². The summed E-state index contributed by atoms with van der Waals surface area (Å²) in [4.78, 5) is 115. The zero-order valence-corrected chi connectivity index (χ0v) is 50.2. The van der Waals surface area contributed by atoms with Gasteiger partial charge in [-0.3, -0.25) is 42.9 Å². The number of fused-ring (bicyclic) bond motifs is 3. The van der Waals surface area contributed by atoms with Gasteiger partial charge in [0, 0.05) is 37.4 Å². The largest absolute Gasteiger partial charge is 0.504 e. The molecule has 0 aromatic heterocycles. The number of nitrogens with zero attached hydrogens (tertiary/aromatic N) is 2. The SMILES string of the molecule is CCCCCCCCCCCCOc1ccc2cc(C(=O)N[C@@H]3C[C@@H](O)[C@@H](O)NC(=O)[C@@H]4[C@@H](O)[C@@H](C)CN4C(=O)[C@H]([C@H](O)CC(N)=O)NC(=O)[C@H]([C@H](O)[C@@H](O)c4ccc(O)c(OS(=O)(=O)O)c4)NC(=O)[C@@H]4C[C@@H](O)CN4C(=O)C([C@@H](C)O)NC3=O)ccc2c1. The standard InChI is InChI=1S/C58H82N8O22S/c1-4-5-6-7-8-9-10-11-12-13-20-87-36-18-16-31-21-34(15-14-32(31)22-36)51(76)60-37-25-41(71)54(79)64-56(81)47-48(73)29(2)27-66(47)58(83)45(40(70)26-43(59)72)62-55(80)46(50(75)49(74)33-17-19-39(69)42(23-33)88-89(84,85)86)63-53(78)38-24-35(68)28-65(38)57(82)44(30(3)67)61-52(37)77/h14-19,21-23,29-30,35,37-38,40-41,44-50,54,67-71,73-75,79H,4-13,20,24-28H2,1-3H3,(H2,59,72)(H,60,76)(H,61,77)(H,62,80)(H,63,78)(H,64,81)(H,84,85,86)/t29-,30+,35+,37+,38-,40+,41+,44?,45-,46-,47-,48-,49-,50-,54+/m0/s1. The molecule has 15 atom stereocenters. The second-order valence-electron chi connectivity index (χ2n) is 22.9. The van der Waals surface area contributed by atoms with E-state index in [0.717, 1.165) is 38.3 Å². The van der Waals surface area contributed by atoms with Gasteiger partial charge >= 0.3 is 10.4 Å². The summed E-state index contributed by atoms with van der Waals surface area (Å²) in [5.41, 5.74) is 4.73. The zero-order valence-electron chi connectivity index (χ0n) is 49.4. The average Bonchev–Trinajstić information content (AvgIpc) is 1.89. The molecule has 3 saturated heterocycles. The van der Waals surface area contributed by atoms with E-state index in [1.807, 2.05) is 10.6 Å². The minimum atomic E-state index is -5.35. The van der Waals surface area contributed by atoms with Gasteiger partial charge in [0.1, 0.15) is 60.3 Å². The van der Waals surface area contributed by atoms with Crippen LogP contribution in [0.2, 0.25) is 0 Å². The van der Waals surface area contributed by atoms with Crippen LogP contribution in [0.25, 0.3) is 10.8 Å². The molecule has 1 unspecified atom stereocenters. The summed E-state index contributed by atoms with van der Waals surface area (Å²) < 4.78 is 42.8. The van der Waals surface area contributed by atoms with Gasteiger partial charge in [0.15, 0.2) is 17.7 Å². The first kappa shape index (κ1) is 70.8. The number of aliphatic hydroxyl groups is 8. The molecule has 3 aliphatic rings. The van der Waals surface area contributed by atoms with E-state index in [0.29, 0.717) is 39.0 Å². The van der Waals surface area contributed by atoms with Gasteiger partial charge in [-0.2, -0.15) is 8.42 Å². The molecular formula is C58H82N8O22S. The number of unbranched alkanes of at least 4 members (excludes halogenated alkanes) is 9. The number of primary amides is 1. The highest BCUT2D eigenvalue weighted by atomic mass is 32.3. The highest BCUT2D eigenvalue weighted by molar-refractivity contribution is 7.81. The van der Waals surface area contributed by atoms with Crippen LogP contribution in [-0.4, -0.2) is 215 Å². The second kappa shape index (κ2) is 31.9. The molecule has 3 aliphatic heterocycles. The number of nitrogens with two attached hydrogens (primary N) is 1. The number of carbonyl (C=O) groups excluding carboxylic acids is 8. The summed E-state index contributed by atoms with van der Waals surface area (Å²) in [5, 5.41) is 113. The van der Waals surface area contributed by atoms with Crippen LogP contribution in [0.4, 0.5) is 0 Å². The molecule has 0 bridgehead atoms. The van der Waals surface area contributed by atoms with Crippen LogP contribution in [0.1, 0.15) is 126 Å². The van der Waals surface area contributed by atoms with Gasteiger partial charge in [-0.15, -0.1) is 0 Å². The summed E-state index contributed by atoms with van der Waals surface area (Å²) >= 11 is 0. The van der Waals surface area contributed by atoms with E-state index < -0.39 is 198 Å². The maximum atomic E-state index is 14.7. The first-order chi connectivity index (χ1) is 42.0. The third kappa shape index (κ3) is 19.1. The lowest BCUT2D eigenvalue weighted by atomic mass is 9.96. The van der Waals surface area contributed by atoms with Gasteiger partial charge in [0.05, 0.1) is 37.4 Å². The fourth-order valence-electron chi connectivity index (χ4n) is 11.0. The Hall–Kier alpha value is -7.33. The first-order valence-corrected chi connectivity index (χ1v) is 30.9. The Labute approximate surface area is 513 Å². The number of amides is 8. The van der Waals surface area contributed by atoms with Crippen molar-refractivity contribution >= 4 is 68.4 Å². The van der Waals surface area contributed by atoms with Crippen molar-refractivity contribution in [1.29, 1.82) is 0 Å². The Bertz CT molecular complexity index is 3120. The highest BCUT2D eigenvalue weighted by Gasteiger charge is 2.51. The van der Waals surface area contributed by atoms with Crippen molar-refractivity contribution in [1.82, 2.24) is 36.4 Å². The van der Waals surface area contributed by atoms with Crippen LogP contribution < -0.4 is 41.2 Å². The van der Waals surface area contributed by atoms with Crippen molar-refractivity contribution in [3.05, 3.63) is 65.7 Å². The number of phenolic OH excluding ortho intramolecular Hbond substituents is 1. The molecule has 30 nitrogen and oxygen atoms in total. The number of carbonyl (C=O) groups is 8. The lowest BCUT2D eigenvalue weighted by molar-refractivity contribution is -0.149. The number of aliphatic hydroxyl groups excluding tert-OH is 8. The topological polar surface area (TPSA) is 484 Å². The molecule has 0 radical (unpaired) electrons. The van der Waals surface area contributed by atoms with Crippen LogP contribution in [0, 0.1) is 5.92 Å².